The molecule has 1 amide bonds. The number of nitriles is 1. The van der Waals surface area contributed by atoms with Crippen molar-refractivity contribution >= 4 is 29.0 Å². The van der Waals surface area contributed by atoms with Crippen LogP contribution in [0.2, 0.25) is 0 Å². The van der Waals surface area contributed by atoms with Gasteiger partial charge in [-0.3, -0.25) is 4.79 Å². The van der Waals surface area contributed by atoms with Gasteiger partial charge in [0.2, 0.25) is 5.91 Å². The molecule has 1 aromatic rings. The molecule has 98 valence electrons. The first-order valence-corrected chi connectivity index (χ1v) is 7.75. The van der Waals surface area contributed by atoms with E-state index in [1.165, 1.54) is 11.8 Å². The first kappa shape index (κ1) is 13.9. The normalized spacial score (nSPS) is 18.9. The highest BCUT2D eigenvalue weighted by molar-refractivity contribution is 8.03. The van der Waals surface area contributed by atoms with Gasteiger partial charge in [0.05, 0.1) is 16.7 Å². The molecular formula is C14H14N2OS2. The number of hydrogen-bond acceptors (Lipinski definition) is 4. The molecule has 0 aromatic carbocycles. The van der Waals surface area contributed by atoms with Crippen molar-refractivity contribution in [2.45, 2.75) is 19.3 Å². The van der Waals surface area contributed by atoms with E-state index in [-0.39, 0.29) is 11.8 Å². The van der Waals surface area contributed by atoms with Gasteiger partial charge in [-0.2, -0.15) is 5.26 Å². The van der Waals surface area contributed by atoms with Gasteiger partial charge in [0.1, 0.15) is 0 Å². The summed E-state index contributed by atoms with van der Waals surface area (Å²) in [4.78, 5) is 12.9. The summed E-state index contributed by atoms with van der Waals surface area (Å²) < 4.78 is 0. The van der Waals surface area contributed by atoms with E-state index < -0.39 is 0 Å². The fourth-order valence-electron chi connectivity index (χ4n) is 2.04. The molecule has 1 aliphatic rings. The van der Waals surface area contributed by atoms with E-state index in [0.717, 1.165) is 10.4 Å². The summed E-state index contributed by atoms with van der Waals surface area (Å²) >= 11 is 3.06. The lowest BCUT2D eigenvalue weighted by Gasteiger charge is -2.24. The van der Waals surface area contributed by atoms with Gasteiger partial charge in [0.25, 0.3) is 0 Å². The molecule has 1 N–H and O–H groups in total. The Bertz CT molecular complexity index is 581. The number of carbonyl (C=O) groups excluding carboxylic acids is 1. The first-order chi connectivity index (χ1) is 9.17. The summed E-state index contributed by atoms with van der Waals surface area (Å²) in [6.07, 6.45) is 2.11. The zero-order valence-corrected chi connectivity index (χ0v) is 12.2. The van der Waals surface area contributed by atoms with Gasteiger partial charge >= 0.3 is 0 Å². The fourth-order valence-corrected chi connectivity index (χ4v) is 3.89. The molecule has 1 aromatic heterocycles. The molecule has 0 bridgehead atoms. The molecule has 0 spiro atoms. The van der Waals surface area contributed by atoms with Crippen LogP contribution in [0.1, 0.15) is 22.8 Å². The minimum Gasteiger partial charge on any atom is -0.320 e. The average Bonchev–Trinajstić information content (AvgIpc) is 2.81. The van der Waals surface area contributed by atoms with E-state index in [1.54, 1.807) is 17.4 Å². The Balaban J connectivity index is 2.42. The van der Waals surface area contributed by atoms with Crippen LogP contribution in [0.25, 0.3) is 0 Å². The summed E-state index contributed by atoms with van der Waals surface area (Å²) in [7, 11) is 0. The highest BCUT2D eigenvalue weighted by Gasteiger charge is 2.30. The predicted molar refractivity (Wildman–Crippen MR) is 79.9 cm³/mol. The van der Waals surface area contributed by atoms with Crippen LogP contribution in [0.15, 0.2) is 34.7 Å². The van der Waals surface area contributed by atoms with E-state index in [1.807, 2.05) is 18.4 Å². The van der Waals surface area contributed by atoms with E-state index in [9.17, 15) is 10.1 Å². The minimum atomic E-state index is -0.105. The minimum absolute atomic E-state index is 0.0247. The molecule has 0 saturated carbocycles. The van der Waals surface area contributed by atoms with E-state index >= 15 is 0 Å². The number of amides is 1. The second-order valence-electron chi connectivity index (χ2n) is 4.23. The highest BCUT2D eigenvalue weighted by Crippen LogP contribution is 2.39. The topological polar surface area (TPSA) is 52.9 Å². The monoisotopic (exact) mass is 290 g/mol. The molecule has 2 rings (SSSR count). The van der Waals surface area contributed by atoms with Crippen LogP contribution in [0.3, 0.4) is 0 Å². The molecule has 0 unspecified atom stereocenters. The third-order valence-corrected chi connectivity index (χ3v) is 5.07. The fraction of sp³-hybridized carbons (Fsp3) is 0.286. The Morgan fingerprint density at radius 3 is 3.11 bits per heavy atom. The number of nitrogens with one attached hydrogen (secondary N) is 1. The molecular weight excluding hydrogens is 276 g/mol. The van der Waals surface area contributed by atoms with Gasteiger partial charge < -0.3 is 5.32 Å². The van der Waals surface area contributed by atoms with Gasteiger partial charge in [-0.15, -0.1) is 29.7 Å². The maximum atomic E-state index is 11.8. The van der Waals surface area contributed by atoms with E-state index in [2.05, 4.69) is 18.0 Å². The van der Waals surface area contributed by atoms with Crippen molar-refractivity contribution in [3.63, 3.8) is 0 Å². The lowest BCUT2D eigenvalue weighted by molar-refractivity contribution is -0.120. The molecule has 1 atom stereocenters. The number of thiophene rings is 1. The van der Waals surface area contributed by atoms with Crippen molar-refractivity contribution in [3.8, 4) is 6.07 Å². The highest BCUT2D eigenvalue weighted by atomic mass is 32.2. The largest absolute Gasteiger partial charge is 0.320 e. The number of carbonyl (C=O) groups is 1. The van der Waals surface area contributed by atoms with Crippen molar-refractivity contribution in [1.29, 1.82) is 5.26 Å². The molecule has 19 heavy (non-hydrogen) atoms. The van der Waals surface area contributed by atoms with Gasteiger partial charge in [0.15, 0.2) is 0 Å². The molecule has 0 aliphatic carbocycles. The number of hydrogen-bond donors (Lipinski definition) is 1. The number of aryl methyl sites for hydroxylation is 1. The van der Waals surface area contributed by atoms with Gasteiger partial charge in [-0.1, -0.05) is 6.08 Å². The number of allylic oxidation sites excluding steroid dienone is 1. The zero-order chi connectivity index (χ0) is 13.8. The third kappa shape index (κ3) is 2.91. The smallest absolute Gasteiger partial charge is 0.225 e. The van der Waals surface area contributed by atoms with Crippen LogP contribution < -0.4 is 5.32 Å². The van der Waals surface area contributed by atoms with Crippen LogP contribution in [0.5, 0.6) is 0 Å². The lowest BCUT2D eigenvalue weighted by atomic mass is 9.91. The molecule has 1 aliphatic heterocycles. The summed E-state index contributed by atoms with van der Waals surface area (Å²) in [5.74, 6) is 0.547. The van der Waals surface area contributed by atoms with Crippen LogP contribution in [0, 0.1) is 18.3 Å². The van der Waals surface area contributed by atoms with Gasteiger partial charge in [-0.25, -0.2) is 0 Å². The Labute approximate surface area is 121 Å². The standard InChI is InChI=1S/C14H14N2OS2/c1-3-5-19-14-11(8-15)10(7-12(17)16-14)13-9(2)4-6-18-13/h3-4,6,10H,1,5,7H2,2H3,(H,16,17)/t10-/m1/s1. The second-order valence-corrected chi connectivity index (χ2v) is 6.20. The molecule has 0 saturated heterocycles. The van der Waals surface area contributed by atoms with E-state index in [0.29, 0.717) is 22.8 Å². The van der Waals surface area contributed by atoms with Crippen molar-refractivity contribution in [2.24, 2.45) is 0 Å². The Kier molecular flexibility index (Phi) is 4.46. The third-order valence-electron chi connectivity index (χ3n) is 2.92. The van der Waals surface area contributed by atoms with Crippen LogP contribution in [-0.4, -0.2) is 11.7 Å². The summed E-state index contributed by atoms with van der Waals surface area (Å²) in [6, 6.07) is 4.29. The number of nitrogens with zero attached hydrogens (tertiary/aromatic N) is 1. The lowest BCUT2D eigenvalue weighted by Crippen LogP contribution is -2.30. The SMILES string of the molecule is C=CCSC1=C(C#N)[C@H](c2sccc2C)CC(=O)N1. The average molecular weight is 290 g/mol. The number of rotatable bonds is 4. The van der Waals surface area contributed by atoms with E-state index in [4.69, 9.17) is 0 Å². The Morgan fingerprint density at radius 1 is 1.74 bits per heavy atom. The van der Waals surface area contributed by atoms with Crippen molar-refractivity contribution in [1.82, 2.24) is 5.32 Å². The van der Waals surface area contributed by atoms with Crippen LogP contribution in [0.4, 0.5) is 0 Å². The zero-order valence-electron chi connectivity index (χ0n) is 10.6. The van der Waals surface area contributed by atoms with Crippen molar-refractivity contribution in [2.75, 3.05) is 5.75 Å². The maximum absolute atomic E-state index is 11.8. The number of thioether (sulfide) groups is 1. The van der Waals surface area contributed by atoms with Gasteiger partial charge in [0, 0.05) is 23.0 Å². The molecule has 2 heterocycles. The second kappa shape index (κ2) is 6.09. The van der Waals surface area contributed by atoms with Crippen LogP contribution >= 0.6 is 23.1 Å². The molecule has 5 heteroatoms. The maximum Gasteiger partial charge on any atom is 0.225 e. The summed E-state index contributed by atoms with van der Waals surface area (Å²) in [5, 5.41) is 14.9. The summed E-state index contributed by atoms with van der Waals surface area (Å²) in [6.45, 7) is 5.68. The van der Waals surface area contributed by atoms with Crippen LogP contribution in [-0.2, 0) is 4.79 Å². The van der Waals surface area contributed by atoms with Crippen molar-refractivity contribution in [3.05, 3.63) is 45.1 Å². The quantitative estimate of drug-likeness (QED) is 0.866. The molecule has 0 radical (unpaired) electrons. The molecule has 0 fully saturated rings. The molecule has 3 nitrogen and oxygen atoms in total. The summed E-state index contributed by atoms with van der Waals surface area (Å²) in [5.41, 5.74) is 1.81. The Morgan fingerprint density at radius 2 is 2.53 bits per heavy atom. The van der Waals surface area contributed by atoms with Crippen molar-refractivity contribution < 1.29 is 4.79 Å². The predicted octanol–water partition coefficient (Wildman–Crippen LogP) is 3.31. The first-order valence-electron chi connectivity index (χ1n) is 5.89. The Hall–Kier alpha value is -1.51. The van der Waals surface area contributed by atoms with Gasteiger partial charge in [-0.05, 0) is 23.9 Å².